The molecule has 0 radical (unpaired) electrons. The van der Waals surface area contributed by atoms with Gasteiger partial charge in [0.15, 0.2) is 6.10 Å². The van der Waals surface area contributed by atoms with E-state index in [1.165, 1.54) is 0 Å². The molecular formula is C21H22ClNO4. The minimum absolute atomic E-state index is 0.0164. The topological polar surface area (TPSA) is 48.0 Å². The van der Waals surface area contributed by atoms with Gasteiger partial charge in [0, 0.05) is 29.6 Å². The van der Waals surface area contributed by atoms with Gasteiger partial charge in [-0.05, 0) is 48.7 Å². The lowest BCUT2D eigenvalue weighted by molar-refractivity contribution is -0.138. The van der Waals surface area contributed by atoms with Gasteiger partial charge in [-0.3, -0.25) is 4.79 Å². The molecule has 2 aromatic carbocycles. The molecule has 5 nitrogen and oxygen atoms in total. The molecule has 1 fully saturated rings. The number of rotatable bonds is 4. The van der Waals surface area contributed by atoms with Crippen molar-refractivity contribution in [3.63, 3.8) is 0 Å². The van der Waals surface area contributed by atoms with Crippen molar-refractivity contribution in [2.75, 3.05) is 20.8 Å². The molecule has 0 aliphatic carbocycles. The van der Waals surface area contributed by atoms with E-state index < -0.39 is 6.10 Å². The molecule has 142 valence electrons. The van der Waals surface area contributed by atoms with Crippen molar-refractivity contribution in [2.45, 2.75) is 31.4 Å². The Morgan fingerprint density at radius 3 is 2.81 bits per heavy atom. The van der Waals surface area contributed by atoms with Crippen LogP contribution < -0.4 is 14.2 Å². The Morgan fingerprint density at radius 1 is 1.19 bits per heavy atom. The molecule has 2 aliphatic heterocycles. The first kappa shape index (κ1) is 18.0. The number of carbonyl (C=O) groups excluding carboxylic acids is 1. The number of benzene rings is 2. The van der Waals surface area contributed by atoms with Gasteiger partial charge in [-0.2, -0.15) is 0 Å². The zero-order valence-corrected chi connectivity index (χ0v) is 16.2. The van der Waals surface area contributed by atoms with Crippen molar-refractivity contribution >= 4 is 17.5 Å². The summed E-state index contributed by atoms with van der Waals surface area (Å²) in [4.78, 5) is 15.1. The number of hydrogen-bond acceptors (Lipinski definition) is 4. The Kier molecular flexibility index (Phi) is 4.87. The van der Waals surface area contributed by atoms with Crippen molar-refractivity contribution in [1.29, 1.82) is 0 Å². The summed E-state index contributed by atoms with van der Waals surface area (Å²) < 4.78 is 16.8. The highest BCUT2D eigenvalue weighted by Crippen LogP contribution is 2.40. The molecule has 6 heteroatoms. The van der Waals surface area contributed by atoms with Crippen LogP contribution in [0.2, 0.25) is 5.02 Å². The van der Waals surface area contributed by atoms with Gasteiger partial charge in [0.1, 0.15) is 17.2 Å². The van der Waals surface area contributed by atoms with Crippen LogP contribution in [0.5, 0.6) is 17.2 Å². The second-order valence-corrected chi connectivity index (χ2v) is 7.30. The number of halogens is 1. The summed E-state index contributed by atoms with van der Waals surface area (Å²) in [5.74, 6) is 2.23. The quantitative estimate of drug-likeness (QED) is 0.794. The van der Waals surface area contributed by atoms with E-state index in [1.807, 2.05) is 35.2 Å². The minimum Gasteiger partial charge on any atom is -0.497 e. The number of ether oxygens (including phenoxy) is 3. The first-order valence-electron chi connectivity index (χ1n) is 9.08. The van der Waals surface area contributed by atoms with Crippen LogP contribution in [0, 0.1) is 0 Å². The van der Waals surface area contributed by atoms with E-state index in [-0.39, 0.29) is 11.9 Å². The number of fused-ring (bicyclic) bond motifs is 1. The van der Waals surface area contributed by atoms with Crippen LogP contribution in [0.15, 0.2) is 36.4 Å². The van der Waals surface area contributed by atoms with E-state index in [1.54, 1.807) is 20.3 Å². The Hall–Kier alpha value is -2.40. The number of carbonyl (C=O) groups is 1. The molecule has 2 aliphatic rings. The standard InChI is InChI=1S/C21H22ClNO4/c1-25-15-6-7-16(19(12-15)26-2)17-4-3-9-23(17)21(24)20-11-13-10-14(22)5-8-18(13)27-20/h5-8,10,12,17,20H,3-4,9,11H2,1-2H3/t17-,20+/m0/s1. The summed E-state index contributed by atoms with van der Waals surface area (Å²) in [6.07, 6.45) is 1.91. The number of likely N-dealkylation sites (tertiary alicyclic amines) is 1. The van der Waals surface area contributed by atoms with Gasteiger partial charge in [-0.15, -0.1) is 0 Å². The van der Waals surface area contributed by atoms with E-state index in [0.717, 1.165) is 47.8 Å². The molecule has 1 amide bonds. The summed E-state index contributed by atoms with van der Waals surface area (Å²) in [6, 6.07) is 11.2. The lowest BCUT2D eigenvalue weighted by Gasteiger charge is -2.28. The highest BCUT2D eigenvalue weighted by Gasteiger charge is 2.38. The predicted octanol–water partition coefficient (Wildman–Crippen LogP) is 4.02. The van der Waals surface area contributed by atoms with Crippen molar-refractivity contribution < 1.29 is 19.0 Å². The fourth-order valence-corrected chi connectivity index (χ4v) is 4.18. The Labute approximate surface area is 163 Å². The average Bonchev–Trinajstić information content (AvgIpc) is 3.33. The van der Waals surface area contributed by atoms with Gasteiger partial charge in [0.25, 0.3) is 5.91 Å². The first-order chi connectivity index (χ1) is 13.1. The average molecular weight is 388 g/mol. The fourth-order valence-electron chi connectivity index (χ4n) is 3.99. The van der Waals surface area contributed by atoms with Crippen LogP contribution in [-0.4, -0.2) is 37.7 Å². The maximum atomic E-state index is 13.2. The van der Waals surface area contributed by atoms with Crippen LogP contribution in [0.4, 0.5) is 0 Å². The highest BCUT2D eigenvalue weighted by atomic mass is 35.5. The van der Waals surface area contributed by atoms with E-state index >= 15 is 0 Å². The van der Waals surface area contributed by atoms with Crippen LogP contribution in [-0.2, 0) is 11.2 Å². The van der Waals surface area contributed by atoms with E-state index in [2.05, 4.69) is 0 Å². The summed E-state index contributed by atoms with van der Waals surface area (Å²) in [7, 11) is 3.26. The normalized spacial score (nSPS) is 20.9. The molecule has 0 spiro atoms. The van der Waals surface area contributed by atoms with Gasteiger partial charge in [0.05, 0.1) is 20.3 Å². The molecule has 0 unspecified atom stereocenters. The largest absolute Gasteiger partial charge is 0.497 e. The SMILES string of the molecule is COc1ccc([C@@H]2CCCN2C(=O)[C@H]2Cc3cc(Cl)ccc3O2)c(OC)c1. The smallest absolute Gasteiger partial charge is 0.264 e. The molecule has 0 N–H and O–H groups in total. The highest BCUT2D eigenvalue weighted by molar-refractivity contribution is 6.30. The Morgan fingerprint density at radius 2 is 2.04 bits per heavy atom. The Bertz CT molecular complexity index is 869. The third-order valence-electron chi connectivity index (χ3n) is 5.31. The third-order valence-corrected chi connectivity index (χ3v) is 5.54. The third kappa shape index (κ3) is 3.32. The maximum absolute atomic E-state index is 13.2. The Balaban J connectivity index is 1.56. The summed E-state index contributed by atoms with van der Waals surface area (Å²) in [5.41, 5.74) is 1.99. The zero-order chi connectivity index (χ0) is 19.0. The van der Waals surface area contributed by atoms with Crippen LogP contribution in [0.1, 0.15) is 30.0 Å². The number of hydrogen-bond donors (Lipinski definition) is 0. The van der Waals surface area contributed by atoms with Gasteiger partial charge in [-0.1, -0.05) is 11.6 Å². The molecule has 0 saturated carbocycles. The van der Waals surface area contributed by atoms with E-state index in [9.17, 15) is 4.79 Å². The van der Waals surface area contributed by atoms with E-state index in [0.29, 0.717) is 11.4 Å². The molecule has 1 saturated heterocycles. The van der Waals surface area contributed by atoms with Crippen molar-refractivity contribution in [1.82, 2.24) is 4.90 Å². The van der Waals surface area contributed by atoms with Crippen molar-refractivity contribution in [3.8, 4) is 17.2 Å². The second-order valence-electron chi connectivity index (χ2n) is 6.86. The summed E-state index contributed by atoms with van der Waals surface area (Å²) >= 11 is 6.06. The minimum atomic E-state index is -0.497. The van der Waals surface area contributed by atoms with Crippen LogP contribution in [0.3, 0.4) is 0 Å². The zero-order valence-electron chi connectivity index (χ0n) is 15.4. The van der Waals surface area contributed by atoms with Crippen LogP contribution in [0.25, 0.3) is 0 Å². The molecule has 4 rings (SSSR count). The van der Waals surface area contributed by atoms with Gasteiger partial charge >= 0.3 is 0 Å². The number of amides is 1. The second kappa shape index (κ2) is 7.31. The number of nitrogens with zero attached hydrogens (tertiary/aromatic N) is 1. The monoisotopic (exact) mass is 387 g/mol. The predicted molar refractivity (Wildman–Crippen MR) is 103 cm³/mol. The molecular weight excluding hydrogens is 366 g/mol. The van der Waals surface area contributed by atoms with Gasteiger partial charge < -0.3 is 19.1 Å². The molecule has 0 aromatic heterocycles. The van der Waals surface area contributed by atoms with Crippen LogP contribution >= 0.6 is 11.6 Å². The lowest BCUT2D eigenvalue weighted by Crippen LogP contribution is -2.41. The van der Waals surface area contributed by atoms with Crippen molar-refractivity contribution in [3.05, 3.63) is 52.5 Å². The van der Waals surface area contributed by atoms with Crippen molar-refractivity contribution in [2.24, 2.45) is 0 Å². The number of methoxy groups -OCH3 is 2. The maximum Gasteiger partial charge on any atom is 0.264 e. The molecule has 2 atom stereocenters. The first-order valence-corrected chi connectivity index (χ1v) is 9.46. The summed E-state index contributed by atoms with van der Waals surface area (Å²) in [6.45, 7) is 0.718. The molecule has 0 bridgehead atoms. The molecule has 27 heavy (non-hydrogen) atoms. The van der Waals surface area contributed by atoms with E-state index in [4.69, 9.17) is 25.8 Å². The fraction of sp³-hybridized carbons (Fsp3) is 0.381. The molecule has 2 heterocycles. The summed E-state index contributed by atoms with van der Waals surface area (Å²) in [5, 5.41) is 0.660. The van der Waals surface area contributed by atoms with Gasteiger partial charge in [0.2, 0.25) is 0 Å². The lowest BCUT2D eigenvalue weighted by atomic mass is 10.0. The van der Waals surface area contributed by atoms with Gasteiger partial charge in [-0.25, -0.2) is 0 Å². The molecule has 2 aromatic rings.